The lowest BCUT2D eigenvalue weighted by atomic mass is 9.68. The maximum atomic E-state index is 14.3. The number of aryl methyl sites for hydroxylation is 1. The molecule has 5 unspecified atom stereocenters. The SMILES string of the molecule is CCCc1cc2c(c(CCC)c1OCCCCN(C=O)C(=O)C(C)(N)C1CCC(F)C(F)C1C)COC2(C(F)(F)F)C(F)(F)F. The molecule has 1 heterocycles. The number of ether oxygens (including phenoxy) is 2. The summed E-state index contributed by atoms with van der Waals surface area (Å²) in [5.41, 5.74) is -0.457. The van der Waals surface area contributed by atoms with Crippen molar-refractivity contribution >= 4 is 12.3 Å². The van der Waals surface area contributed by atoms with Gasteiger partial charge in [0.2, 0.25) is 12.3 Å². The molecule has 0 aromatic heterocycles. The Labute approximate surface area is 258 Å². The summed E-state index contributed by atoms with van der Waals surface area (Å²) in [6.07, 6.45) is -12.8. The van der Waals surface area contributed by atoms with Gasteiger partial charge in [-0.1, -0.05) is 33.6 Å². The number of benzene rings is 1. The van der Waals surface area contributed by atoms with Crippen molar-refractivity contribution in [3.8, 4) is 5.75 Å². The van der Waals surface area contributed by atoms with Crippen LogP contribution in [0.15, 0.2) is 6.07 Å². The number of carbonyl (C=O) groups excluding carboxylic acids is 2. The van der Waals surface area contributed by atoms with Crippen molar-refractivity contribution in [2.75, 3.05) is 13.2 Å². The van der Waals surface area contributed by atoms with E-state index in [1.807, 2.05) is 0 Å². The number of rotatable bonds is 13. The molecule has 256 valence electrons. The number of alkyl halides is 8. The van der Waals surface area contributed by atoms with E-state index in [0.29, 0.717) is 19.3 Å². The van der Waals surface area contributed by atoms with Gasteiger partial charge in [0.25, 0.3) is 5.60 Å². The third-order valence-electron chi connectivity index (χ3n) is 9.10. The standard InChI is InChI=1S/C31H42F8N2O4/c1-5-9-19-15-23-21(16-45-29(23,30(34,35)36)31(37,38)39)20(10-6-2)26(19)44-14-8-7-13-41(17-42)27(43)28(4,40)22-11-12-24(32)25(33)18(22)3/h15,17-18,22,24-25H,5-14,16,40H2,1-4H3. The number of unbranched alkanes of at least 4 members (excludes halogenated alkanes) is 1. The summed E-state index contributed by atoms with van der Waals surface area (Å²) in [6, 6.07) is 0.898. The number of nitrogens with zero attached hydrogens (tertiary/aromatic N) is 1. The molecule has 45 heavy (non-hydrogen) atoms. The van der Waals surface area contributed by atoms with Gasteiger partial charge in [0.15, 0.2) is 0 Å². The Morgan fingerprint density at radius 3 is 2.27 bits per heavy atom. The van der Waals surface area contributed by atoms with Crippen LogP contribution in [0.4, 0.5) is 35.1 Å². The Kier molecular flexibility index (Phi) is 11.6. The molecule has 1 saturated carbocycles. The van der Waals surface area contributed by atoms with Crippen LogP contribution in [0.1, 0.15) is 88.5 Å². The molecular formula is C31H42F8N2O4. The lowest BCUT2D eigenvalue weighted by Gasteiger charge is -2.43. The third-order valence-corrected chi connectivity index (χ3v) is 9.10. The highest BCUT2D eigenvalue weighted by Crippen LogP contribution is 2.58. The van der Waals surface area contributed by atoms with Gasteiger partial charge in [-0.15, -0.1) is 0 Å². The van der Waals surface area contributed by atoms with E-state index < -0.39 is 65.7 Å². The molecule has 1 aliphatic carbocycles. The molecule has 2 amide bonds. The van der Waals surface area contributed by atoms with Crippen LogP contribution < -0.4 is 10.5 Å². The summed E-state index contributed by atoms with van der Waals surface area (Å²) in [4.78, 5) is 25.9. The Bertz CT molecular complexity index is 1190. The van der Waals surface area contributed by atoms with E-state index in [1.54, 1.807) is 13.8 Å². The van der Waals surface area contributed by atoms with E-state index in [-0.39, 0.29) is 74.1 Å². The number of hydrogen-bond acceptors (Lipinski definition) is 5. The maximum Gasteiger partial charge on any atom is 0.430 e. The van der Waals surface area contributed by atoms with Gasteiger partial charge in [0.05, 0.1) is 18.8 Å². The van der Waals surface area contributed by atoms with Gasteiger partial charge in [-0.2, -0.15) is 26.3 Å². The normalized spacial score (nSPS) is 24.6. The molecule has 0 saturated heterocycles. The summed E-state index contributed by atoms with van der Waals surface area (Å²) in [5, 5.41) is 0. The van der Waals surface area contributed by atoms with Crippen molar-refractivity contribution in [1.29, 1.82) is 0 Å². The molecule has 14 heteroatoms. The fourth-order valence-electron chi connectivity index (χ4n) is 6.72. The van der Waals surface area contributed by atoms with Crippen LogP contribution in [0.5, 0.6) is 5.75 Å². The number of halogens is 8. The van der Waals surface area contributed by atoms with Gasteiger partial charge in [-0.05, 0) is 74.5 Å². The van der Waals surface area contributed by atoms with Crippen molar-refractivity contribution in [2.45, 2.75) is 122 Å². The predicted molar refractivity (Wildman–Crippen MR) is 150 cm³/mol. The first-order valence-corrected chi connectivity index (χ1v) is 15.3. The fourth-order valence-corrected chi connectivity index (χ4v) is 6.72. The van der Waals surface area contributed by atoms with E-state index in [0.717, 1.165) is 11.0 Å². The molecule has 2 aliphatic rings. The topological polar surface area (TPSA) is 81.9 Å². The van der Waals surface area contributed by atoms with E-state index in [4.69, 9.17) is 10.5 Å². The number of hydrogen-bond donors (Lipinski definition) is 1. The molecule has 1 aromatic rings. The van der Waals surface area contributed by atoms with Crippen molar-refractivity contribution in [1.82, 2.24) is 4.90 Å². The van der Waals surface area contributed by atoms with E-state index in [9.17, 15) is 44.7 Å². The van der Waals surface area contributed by atoms with Crippen LogP contribution in [0.25, 0.3) is 0 Å². The number of fused-ring (bicyclic) bond motifs is 1. The Balaban J connectivity index is 1.77. The molecule has 1 aliphatic heterocycles. The molecule has 0 radical (unpaired) electrons. The zero-order chi connectivity index (χ0) is 34.0. The molecule has 3 rings (SSSR count). The van der Waals surface area contributed by atoms with Crippen molar-refractivity contribution in [2.24, 2.45) is 17.6 Å². The molecule has 1 fully saturated rings. The smallest absolute Gasteiger partial charge is 0.430 e. The lowest BCUT2D eigenvalue weighted by molar-refractivity contribution is -0.385. The highest BCUT2D eigenvalue weighted by Gasteiger charge is 2.76. The van der Waals surface area contributed by atoms with Gasteiger partial charge >= 0.3 is 12.4 Å². The second-order valence-electron chi connectivity index (χ2n) is 12.3. The van der Waals surface area contributed by atoms with Crippen LogP contribution in [-0.4, -0.2) is 60.6 Å². The zero-order valence-corrected chi connectivity index (χ0v) is 25.9. The summed E-state index contributed by atoms with van der Waals surface area (Å²) < 4.78 is 123. The average Bonchev–Trinajstić information content (AvgIpc) is 3.35. The van der Waals surface area contributed by atoms with E-state index in [2.05, 4.69) is 4.74 Å². The Hall–Kier alpha value is -2.48. The minimum Gasteiger partial charge on any atom is -0.493 e. The second-order valence-corrected chi connectivity index (χ2v) is 12.3. The Morgan fingerprint density at radius 1 is 1.09 bits per heavy atom. The first-order valence-electron chi connectivity index (χ1n) is 15.3. The minimum atomic E-state index is -5.74. The molecule has 2 N–H and O–H groups in total. The monoisotopic (exact) mass is 658 g/mol. The van der Waals surface area contributed by atoms with Gasteiger partial charge < -0.3 is 15.2 Å². The molecule has 0 spiro atoms. The average molecular weight is 659 g/mol. The summed E-state index contributed by atoms with van der Waals surface area (Å²) >= 11 is 0. The predicted octanol–water partition coefficient (Wildman–Crippen LogP) is 7.03. The second kappa shape index (κ2) is 14.1. The van der Waals surface area contributed by atoms with Gasteiger partial charge in [-0.25, -0.2) is 8.78 Å². The first kappa shape index (κ1) is 37.0. The van der Waals surface area contributed by atoms with Crippen LogP contribution >= 0.6 is 0 Å². The number of carbonyl (C=O) groups is 2. The van der Waals surface area contributed by atoms with Crippen molar-refractivity contribution in [3.05, 3.63) is 28.3 Å². The molecule has 0 bridgehead atoms. The van der Waals surface area contributed by atoms with Gasteiger partial charge in [0.1, 0.15) is 18.1 Å². The lowest BCUT2D eigenvalue weighted by Crippen LogP contribution is -2.61. The molecular weight excluding hydrogens is 616 g/mol. The van der Waals surface area contributed by atoms with Crippen LogP contribution in [-0.2, 0) is 39.4 Å². The van der Waals surface area contributed by atoms with E-state index in [1.165, 1.54) is 13.8 Å². The maximum absolute atomic E-state index is 14.3. The minimum absolute atomic E-state index is 0.00137. The zero-order valence-electron chi connectivity index (χ0n) is 25.9. The first-order chi connectivity index (χ1) is 20.9. The number of imide groups is 1. The van der Waals surface area contributed by atoms with Crippen LogP contribution in [0, 0.1) is 11.8 Å². The molecule has 5 atom stereocenters. The van der Waals surface area contributed by atoms with Gasteiger partial charge in [-0.3, -0.25) is 14.5 Å². The van der Waals surface area contributed by atoms with Crippen molar-refractivity contribution in [3.63, 3.8) is 0 Å². The Morgan fingerprint density at radius 2 is 1.71 bits per heavy atom. The highest BCUT2D eigenvalue weighted by atomic mass is 19.4. The summed E-state index contributed by atoms with van der Waals surface area (Å²) in [5.74, 6) is -2.03. The largest absolute Gasteiger partial charge is 0.493 e. The molecule has 1 aromatic carbocycles. The number of nitrogens with two attached hydrogens (primary N) is 1. The third kappa shape index (κ3) is 6.96. The van der Waals surface area contributed by atoms with Crippen molar-refractivity contribution < 1.29 is 54.2 Å². The van der Waals surface area contributed by atoms with Gasteiger partial charge in [0, 0.05) is 17.7 Å². The van der Waals surface area contributed by atoms with E-state index >= 15 is 0 Å². The molecule has 6 nitrogen and oxygen atoms in total. The fraction of sp³-hybridized carbons (Fsp3) is 0.742. The highest BCUT2D eigenvalue weighted by molar-refractivity contribution is 5.93. The summed E-state index contributed by atoms with van der Waals surface area (Å²) in [7, 11) is 0. The number of amides is 2. The van der Waals surface area contributed by atoms with Crippen LogP contribution in [0.3, 0.4) is 0 Å². The van der Waals surface area contributed by atoms with Crippen LogP contribution in [0.2, 0.25) is 0 Å². The quantitative estimate of drug-likeness (QED) is 0.140. The summed E-state index contributed by atoms with van der Waals surface area (Å²) in [6.45, 7) is 5.42.